The smallest absolute Gasteiger partial charge is 0.457 e. The van der Waals surface area contributed by atoms with E-state index < -0.39 is 13.9 Å². The molecule has 2 unspecified atom stereocenters. The molecule has 2 atom stereocenters. The summed E-state index contributed by atoms with van der Waals surface area (Å²) in [6.07, 6.45) is 56.0. The second kappa shape index (κ2) is 41.2. The summed E-state index contributed by atoms with van der Waals surface area (Å²) in [6.45, 7) is 5.33. The number of likely N-dealkylation sites (N-methyl/N-ethyl adjacent to an activating group) is 1. The predicted octanol–water partition coefficient (Wildman–Crippen LogP) is 13.4. The van der Waals surface area contributed by atoms with Gasteiger partial charge >= 0.3 is 13.8 Å². The molecule has 58 heavy (non-hydrogen) atoms. The van der Waals surface area contributed by atoms with Crippen molar-refractivity contribution in [1.29, 1.82) is 0 Å². The van der Waals surface area contributed by atoms with Crippen molar-refractivity contribution in [2.24, 2.45) is 0 Å². The van der Waals surface area contributed by atoms with Gasteiger partial charge in [0.05, 0.1) is 34.4 Å². The lowest BCUT2D eigenvalue weighted by Gasteiger charge is -2.24. The Hall–Kier alpha value is -2.58. The number of quaternary nitrogens is 1. The Morgan fingerprint density at radius 2 is 1.00 bits per heavy atom. The van der Waals surface area contributed by atoms with Crippen molar-refractivity contribution in [2.45, 2.75) is 155 Å². The Balaban J connectivity index is 4.22. The van der Waals surface area contributed by atoms with Gasteiger partial charge in [-0.05, 0) is 89.9 Å². The Kier molecular flexibility index (Phi) is 39.3. The molecule has 0 rings (SSSR count). The summed E-state index contributed by atoms with van der Waals surface area (Å²) in [5, 5.41) is 0. The fraction of sp³-hybridized carbons (Fsp3) is 0.653. The van der Waals surface area contributed by atoms with Crippen molar-refractivity contribution >= 4 is 13.8 Å². The third-order valence-corrected chi connectivity index (χ3v) is 9.84. The molecule has 0 fully saturated rings. The standard InChI is InChI=1S/C49H84NO7P/c1-6-8-10-12-14-16-18-19-20-21-22-23-24-25-26-27-28-29-30-31-32-33-35-37-39-41-44-54-46-48(47-56-58(52,53)55-45-43-50(3,4)5)57-49(51)42-40-38-36-34-17-15-13-11-9-7-2/h8,10-11,13-14,16,19-20,22-23,25-26,28-29,31-32,48H,6-7,9,12,15,17-18,21,24,27,30,33-47H2,1-5H3/p+1/b10-8-,13-11-,16-14-,20-19-,23-22-,26-25-,29-28-,32-31-. The first-order chi connectivity index (χ1) is 28.1. The van der Waals surface area contributed by atoms with Gasteiger partial charge in [0.25, 0.3) is 0 Å². The molecule has 8 nitrogen and oxygen atoms in total. The van der Waals surface area contributed by atoms with Gasteiger partial charge in [0.2, 0.25) is 0 Å². The number of esters is 1. The highest BCUT2D eigenvalue weighted by Crippen LogP contribution is 2.43. The van der Waals surface area contributed by atoms with E-state index in [4.69, 9.17) is 18.5 Å². The van der Waals surface area contributed by atoms with Crippen LogP contribution in [0.2, 0.25) is 0 Å². The maximum absolute atomic E-state index is 12.6. The first-order valence-electron chi connectivity index (χ1n) is 22.5. The summed E-state index contributed by atoms with van der Waals surface area (Å²) in [5.41, 5.74) is 0. The van der Waals surface area contributed by atoms with Gasteiger partial charge in [-0.25, -0.2) is 4.57 Å². The number of carbonyl (C=O) groups is 1. The summed E-state index contributed by atoms with van der Waals surface area (Å²) in [5.74, 6) is -0.340. The van der Waals surface area contributed by atoms with Crippen molar-refractivity contribution in [1.82, 2.24) is 0 Å². The number of phosphoric acid groups is 1. The highest BCUT2D eigenvalue weighted by molar-refractivity contribution is 7.47. The predicted molar refractivity (Wildman–Crippen MR) is 247 cm³/mol. The van der Waals surface area contributed by atoms with Crippen LogP contribution in [0.1, 0.15) is 149 Å². The van der Waals surface area contributed by atoms with Gasteiger partial charge < -0.3 is 18.9 Å². The van der Waals surface area contributed by atoms with Crippen LogP contribution in [0.4, 0.5) is 0 Å². The normalized spacial score (nSPS) is 14.7. The van der Waals surface area contributed by atoms with Crippen molar-refractivity contribution in [3.8, 4) is 0 Å². The largest absolute Gasteiger partial charge is 0.472 e. The quantitative estimate of drug-likeness (QED) is 0.0216. The molecule has 0 aliphatic rings. The van der Waals surface area contributed by atoms with Crippen LogP contribution in [-0.4, -0.2) is 75.6 Å². The zero-order valence-electron chi connectivity index (χ0n) is 37.5. The first-order valence-corrected chi connectivity index (χ1v) is 24.0. The molecule has 0 aromatic carbocycles. The monoisotopic (exact) mass is 831 g/mol. The molecule has 1 N–H and O–H groups in total. The van der Waals surface area contributed by atoms with Gasteiger partial charge in [0.1, 0.15) is 19.3 Å². The summed E-state index contributed by atoms with van der Waals surface area (Å²) in [4.78, 5) is 22.8. The van der Waals surface area contributed by atoms with Crippen molar-refractivity contribution in [3.63, 3.8) is 0 Å². The molecule has 0 aromatic heterocycles. The van der Waals surface area contributed by atoms with E-state index in [1.54, 1.807) is 0 Å². The minimum atomic E-state index is -4.29. The van der Waals surface area contributed by atoms with Crippen LogP contribution >= 0.6 is 7.82 Å². The van der Waals surface area contributed by atoms with E-state index in [1.807, 2.05) is 21.1 Å². The molecule has 0 saturated carbocycles. The van der Waals surface area contributed by atoms with Crippen LogP contribution in [0, 0.1) is 0 Å². The number of nitrogens with zero attached hydrogens (tertiary/aromatic N) is 1. The van der Waals surface area contributed by atoms with Crippen LogP contribution < -0.4 is 0 Å². The first kappa shape index (κ1) is 55.4. The van der Waals surface area contributed by atoms with Gasteiger partial charge in [0, 0.05) is 13.0 Å². The van der Waals surface area contributed by atoms with E-state index in [9.17, 15) is 14.3 Å². The topological polar surface area (TPSA) is 91.3 Å². The van der Waals surface area contributed by atoms with E-state index in [1.165, 1.54) is 12.8 Å². The maximum atomic E-state index is 12.6. The van der Waals surface area contributed by atoms with Crippen LogP contribution in [0.15, 0.2) is 97.2 Å². The second-order valence-electron chi connectivity index (χ2n) is 15.7. The van der Waals surface area contributed by atoms with Gasteiger partial charge in [-0.3, -0.25) is 13.8 Å². The fourth-order valence-electron chi connectivity index (χ4n) is 5.42. The average Bonchev–Trinajstić information content (AvgIpc) is 3.18. The minimum absolute atomic E-state index is 0.0759. The summed E-state index contributed by atoms with van der Waals surface area (Å²) >= 11 is 0. The summed E-state index contributed by atoms with van der Waals surface area (Å²) in [6, 6.07) is 0. The molecular weight excluding hydrogens is 746 g/mol. The van der Waals surface area contributed by atoms with Gasteiger partial charge in [-0.15, -0.1) is 0 Å². The van der Waals surface area contributed by atoms with E-state index in [-0.39, 0.29) is 25.8 Å². The third-order valence-electron chi connectivity index (χ3n) is 8.86. The molecule has 332 valence electrons. The van der Waals surface area contributed by atoms with Crippen molar-refractivity contribution in [3.05, 3.63) is 97.2 Å². The Morgan fingerprint density at radius 3 is 1.52 bits per heavy atom. The molecule has 9 heteroatoms. The van der Waals surface area contributed by atoms with Crippen LogP contribution in [-0.2, 0) is 27.9 Å². The molecule has 0 spiro atoms. The minimum Gasteiger partial charge on any atom is -0.457 e. The van der Waals surface area contributed by atoms with Gasteiger partial charge in [-0.2, -0.15) is 0 Å². The fourth-order valence-corrected chi connectivity index (χ4v) is 6.16. The highest BCUT2D eigenvalue weighted by atomic mass is 31.2. The number of allylic oxidation sites excluding steroid dienone is 16. The lowest BCUT2D eigenvalue weighted by atomic mass is 10.1. The highest BCUT2D eigenvalue weighted by Gasteiger charge is 2.26. The Labute approximate surface area is 356 Å². The molecule has 0 saturated heterocycles. The molecule has 0 aliphatic carbocycles. The van der Waals surface area contributed by atoms with Crippen LogP contribution in [0.25, 0.3) is 0 Å². The number of carbonyl (C=O) groups excluding carboxylic acids is 1. The number of hydrogen-bond acceptors (Lipinski definition) is 6. The Morgan fingerprint density at radius 1 is 0.552 bits per heavy atom. The van der Waals surface area contributed by atoms with Crippen molar-refractivity contribution in [2.75, 3.05) is 54.1 Å². The lowest BCUT2D eigenvalue weighted by molar-refractivity contribution is -0.870. The number of hydrogen-bond donors (Lipinski definition) is 1. The molecule has 0 aromatic rings. The van der Waals surface area contributed by atoms with Crippen LogP contribution in [0.5, 0.6) is 0 Å². The molecule has 0 bridgehead atoms. The van der Waals surface area contributed by atoms with Crippen molar-refractivity contribution < 1.29 is 37.3 Å². The summed E-state index contributed by atoms with van der Waals surface area (Å²) in [7, 11) is 1.62. The average molecular weight is 831 g/mol. The third kappa shape index (κ3) is 44.5. The molecule has 0 radical (unpaired) electrons. The van der Waals surface area contributed by atoms with Crippen LogP contribution in [0.3, 0.4) is 0 Å². The number of rotatable bonds is 40. The molecule has 0 amide bonds. The SMILES string of the molecule is CC/C=C\C/C=C\C/C=C\C/C=C\C/C=C\C/C=C\C/C=C\CCCCCCOCC(COP(=O)(O)OCC[N+](C)(C)C)OC(=O)CCCCCCC/C=C\CCC. The van der Waals surface area contributed by atoms with E-state index in [2.05, 4.69) is 111 Å². The Bertz CT molecular complexity index is 1240. The lowest BCUT2D eigenvalue weighted by Crippen LogP contribution is -2.37. The molecule has 0 aliphatic heterocycles. The molecular formula is C49H85NO7P+. The maximum Gasteiger partial charge on any atom is 0.472 e. The number of ether oxygens (including phenoxy) is 2. The van der Waals surface area contributed by atoms with Gasteiger partial charge in [0.15, 0.2) is 0 Å². The van der Waals surface area contributed by atoms with Gasteiger partial charge in [-0.1, -0.05) is 150 Å². The molecule has 0 heterocycles. The zero-order chi connectivity index (χ0) is 42.7. The number of unbranched alkanes of at least 4 members (excludes halogenated alkanes) is 10. The second-order valence-corrected chi connectivity index (χ2v) is 17.1. The van der Waals surface area contributed by atoms with E-state index >= 15 is 0 Å². The number of phosphoric ester groups is 1. The summed E-state index contributed by atoms with van der Waals surface area (Å²) < 4.78 is 34.9. The van der Waals surface area contributed by atoms with E-state index in [0.29, 0.717) is 24.1 Å². The zero-order valence-corrected chi connectivity index (χ0v) is 38.4. The van der Waals surface area contributed by atoms with E-state index in [0.717, 1.165) is 116 Å².